The first kappa shape index (κ1) is 95.2. The highest BCUT2D eigenvalue weighted by atomic mass is 32.2. The summed E-state index contributed by atoms with van der Waals surface area (Å²) < 4.78 is 141. The molecule has 8 aromatic rings. The Bertz CT molecular complexity index is 5490. The van der Waals surface area contributed by atoms with Gasteiger partial charge in [0.15, 0.2) is 11.9 Å². The maximum Gasteiger partial charge on any atom is 0.323 e. The molecule has 4 heterocycles. The molecule has 0 spiro atoms. The van der Waals surface area contributed by atoms with Crippen molar-refractivity contribution in [2.24, 2.45) is 5.73 Å². The monoisotopic (exact) mass is 1780 g/mol. The van der Waals surface area contributed by atoms with Gasteiger partial charge >= 0.3 is 11.9 Å². The third-order valence-electron chi connectivity index (χ3n) is 18.2. The van der Waals surface area contributed by atoms with Gasteiger partial charge < -0.3 is 88.6 Å². The molecule has 0 aliphatic heterocycles. The Morgan fingerprint density at radius 3 is 1.25 bits per heavy atom. The molecule has 0 saturated heterocycles. The third kappa shape index (κ3) is 29.9. The zero-order valence-electron chi connectivity index (χ0n) is 66.5. The molecule has 5 atom stereocenters. The number of amides is 8. The molecular weight excluding hydrogens is 1680 g/mol. The second-order valence-electron chi connectivity index (χ2n) is 27.9. The number of imidazole rings is 2. The predicted octanol–water partition coefficient (Wildman–Crippen LogP) is -1.27. The zero-order chi connectivity index (χ0) is 89.1. The van der Waals surface area contributed by atoms with Gasteiger partial charge in [-0.2, -0.15) is 36.5 Å². The zero-order valence-corrected chi connectivity index (χ0v) is 69.8. The van der Waals surface area contributed by atoms with Crippen molar-refractivity contribution < 1.29 is 110 Å². The molecule has 0 saturated carbocycles. The number of anilines is 2. The first-order chi connectivity index (χ1) is 57.7. The number of hydrogen-bond donors (Lipinski definition) is 19. The largest absolute Gasteiger partial charge is 0.494 e. The Hall–Kier alpha value is -12.3. The Kier molecular flexibility index (Phi) is 34.6. The number of carbonyl (C=O) groups excluding carboxylic acids is 8. The maximum absolute atomic E-state index is 13.7. The molecule has 0 aliphatic carbocycles. The summed E-state index contributed by atoms with van der Waals surface area (Å²) >= 11 is 0. The van der Waals surface area contributed by atoms with E-state index in [-0.39, 0.29) is 120 Å². The molecule has 4 aromatic carbocycles. The highest BCUT2D eigenvalue weighted by Crippen LogP contribution is 2.29. The molecule has 122 heavy (non-hydrogen) atoms. The normalized spacial score (nSPS) is 13.0. The number of fused-ring (bicyclic) bond motifs is 2. The van der Waals surface area contributed by atoms with Crippen molar-refractivity contribution in [1.82, 2.24) is 91.5 Å². The van der Waals surface area contributed by atoms with Crippen molar-refractivity contribution in [1.29, 1.82) is 0 Å². The average molecular weight is 1780 g/mol. The fourth-order valence-corrected chi connectivity index (χ4v) is 17.1. The Morgan fingerprint density at radius 2 is 0.869 bits per heavy atom. The number of sulfonamides is 2. The molecule has 0 bridgehead atoms. The van der Waals surface area contributed by atoms with Crippen molar-refractivity contribution in [3.8, 4) is 11.5 Å². The molecule has 0 radical (unpaired) electrons. The number of H-pyrrole nitrogens is 2. The van der Waals surface area contributed by atoms with E-state index in [1.54, 1.807) is 70.8 Å². The number of nitrogens with one attached hydrogen (secondary N) is 14. The van der Waals surface area contributed by atoms with Crippen LogP contribution in [-0.2, 0) is 91.7 Å². The second-order valence-corrected chi connectivity index (χ2v) is 34.2. The number of rotatable bonds is 52. The number of carboxylic acid groups (broad SMARTS) is 2. The SMILES string of the molecule is Cc1cc(OCCCC(=O)NCCNC(=O)[C@H](CS(=O)(=O)O)NC(=O)CC[C@H](N)C(=O)N[C@@H](CS(=O)(=O)O)C(=O)NCCNC(=O)CCCOc2cc(C)c(S(=O)(=O)N[C@@H](CNC(=O)c3ccc4c(cnn4CCCNc4ncc[nH]4)c3)C(=O)O)c(C)c2)cc(C)c1S(=O)(=O)N[C@@H](CNC(=O)c1ccc2c(cnn2CCCNc2ncc[nH]2)c1)C(=O)O. The Balaban J connectivity index is 0.685. The summed E-state index contributed by atoms with van der Waals surface area (Å²) in [6, 6.07) is 6.06. The van der Waals surface area contributed by atoms with Gasteiger partial charge in [-0.15, -0.1) is 0 Å². The van der Waals surface area contributed by atoms with Crippen LogP contribution in [0.25, 0.3) is 21.8 Å². The molecule has 0 unspecified atom stereocenters. The van der Waals surface area contributed by atoms with Crippen LogP contribution < -0.4 is 77.8 Å². The number of carbonyl (C=O) groups is 10. The van der Waals surface area contributed by atoms with Crippen molar-refractivity contribution >= 4 is 133 Å². The lowest BCUT2D eigenvalue weighted by molar-refractivity contribution is -0.139. The number of ether oxygens (including phenoxy) is 2. The smallest absolute Gasteiger partial charge is 0.323 e. The van der Waals surface area contributed by atoms with Crippen LogP contribution in [0.15, 0.2) is 108 Å². The summed E-state index contributed by atoms with van der Waals surface area (Å²) in [6.07, 6.45) is 9.99. The van der Waals surface area contributed by atoms with Crippen LogP contribution in [0.2, 0.25) is 0 Å². The lowest BCUT2D eigenvalue weighted by Crippen LogP contribution is -2.55. The Morgan fingerprint density at radius 1 is 0.475 bits per heavy atom. The molecule has 20 N–H and O–H groups in total. The van der Waals surface area contributed by atoms with Crippen molar-refractivity contribution in [3.05, 3.63) is 131 Å². The number of aryl methyl sites for hydroxylation is 6. The fourth-order valence-electron chi connectivity index (χ4n) is 12.5. The molecule has 8 amide bonds. The van der Waals surface area contributed by atoms with Crippen molar-refractivity contribution in [3.63, 3.8) is 0 Å². The number of aromatic nitrogens is 8. The molecule has 45 nitrogen and oxygen atoms in total. The van der Waals surface area contributed by atoms with E-state index in [1.807, 2.05) is 0 Å². The van der Waals surface area contributed by atoms with Crippen LogP contribution in [0, 0.1) is 27.7 Å². The quantitative estimate of drug-likeness (QED) is 0.0156. The number of benzene rings is 4. The number of aliphatic carboxylic acids is 2. The summed E-state index contributed by atoms with van der Waals surface area (Å²) in [6.45, 7) is 5.75. The van der Waals surface area contributed by atoms with E-state index in [1.165, 1.54) is 64.1 Å². The van der Waals surface area contributed by atoms with Gasteiger partial charge in [-0.1, -0.05) is 0 Å². The van der Waals surface area contributed by atoms with Crippen molar-refractivity contribution in [2.75, 3.05) is 87.7 Å². The Labute approximate surface area is 699 Å². The van der Waals surface area contributed by atoms with Crippen LogP contribution in [-0.4, -0.2) is 259 Å². The predicted molar refractivity (Wildman–Crippen MR) is 438 cm³/mol. The standard InChI is InChI=1S/C73H97N21O24S4/c1-43-31-51(32-44(2)63(43)121(113,114)91-54(70(103)104)39-85-65(98)47-11-14-58-49(35-47)37-87-93(58)27-7-17-79-72-81-23-24-82-72)117-29-5-9-60(95)75-19-21-77-68(101)56(41-119(107,108)109)89-62(97)16-13-53(74)67(100)90-57(42-120(110,111)112)69(102)78-22-20-76-61(96)10-6-30-118-52-33-45(3)64(46(4)34-52)122(115,116)92-55(71(105)106)40-86-66(99)48-12-15-59-50(36-48)38-88-94(59)28-8-18-80-73-83-25-26-84-73/h11-12,14-15,23-26,31-38,53-57,91-92H,5-10,13,16-22,27-30,39-42,74H2,1-4H3,(H,75,95)(H,76,96)(H,77,101)(H,78,102)(H,85,98)(H,86,99)(H,89,97)(H,90,100)(H,103,104)(H,105,106)(H2,79,81,82)(H2,80,83,84)(H,107,108,109)(H,110,111,112)/t53-,54-,55-,56-,57-/m0/s1. The number of carboxylic acids is 2. The second kappa shape index (κ2) is 44.3. The lowest BCUT2D eigenvalue weighted by Gasteiger charge is -2.20. The van der Waals surface area contributed by atoms with E-state index >= 15 is 0 Å². The van der Waals surface area contributed by atoms with Crippen LogP contribution in [0.4, 0.5) is 11.9 Å². The van der Waals surface area contributed by atoms with Gasteiger partial charge in [0.05, 0.1) is 52.5 Å². The third-order valence-corrected chi connectivity index (χ3v) is 23.3. The van der Waals surface area contributed by atoms with E-state index in [2.05, 4.69) is 92.7 Å². The lowest BCUT2D eigenvalue weighted by atomic mass is 10.1. The van der Waals surface area contributed by atoms with Gasteiger partial charge in [0, 0.05) is 131 Å². The molecule has 662 valence electrons. The topological polar surface area (TPSA) is 670 Å². The maximum atomic E-state index is 13.7. The van der Waals surface area contributed by atoms with E-state index in [9.17, 15) is 101 Å². The molecule has 0 fully saturated rings. The minimum atomic E-state index is -4.97. The van der Waals surface area contributed by atoms with Gasteiger partial charge in [-0.3, -0.25) is 66.4 Å². The van der Waals surface area contributed by atoms with Gasteiger partial charge in [0.2, 0.25) is 55.5 Å². The van der Waals surface area contributed by atoms with Gasteiger partial charge in [0.1, 0.15) is 47.2 Å². The number of hydrogen-bond acceptors (Lipinski definition) is 27. The molecule has 8 rings (SSSR count). The van der Waals surface area contributed by atoms with Gasteiger partial charge in [0.25, 0.3) is 32.1 Å². The molecule has 4 aromatic heterocycles. The van der Waals surface area contributed by atoms with Crippen LogP contribution >= 0.6 is 0 Å². The van der Waals surface area contributed by atoms with E-state index < -0.39 is 167 Å². The van der Waals surface area contributed by atoms with E-state index in [0.717, 1.165) is 11.0 Å². The minimum Gasteiger partial charge on any atom is -0.494 e. The first-order valence-electron chi connectivity index (χ1n) is 38.0. The van der Waals surface area contributed by atoms with E-state index in [0.29, 0.717) is 61.7 Å². The number of aromatic amines is 2. The fraction of sp³-hybridized carbons (Fsp3) is 0.425. The highest BCUT2D eigenvalue weighted by molar-refractivity contribution is 7.90. The highest BCUT2D eigenvalue weighted by Gasteiger charge is 2.34. The van der Waals surface area contributed by atoms with Crippen LogP contribution in [0.1, 0.15) is 94.3 Å². The van der Waals surface area contributed by atoms with Crippen LogP contribution in [0.3, 0.4) is 0 Å². The summed E-state index contributed by atoms with van der Waals surface area (Å²) in [5.74, 6) is -11.1. The van der Waals surface area contributed by atoms with E-state index in [4.69, 9.17) is 15.2 Å². The summed E-state index contributed by atoms with van der Waals surface area (Å²) in [5, 5.41) is 55.1. The van der Waals surface area contributed by atoms with Gasteiger partial charge in [-0.05, 0) is 143 Å². The number of nitrogens with two attached hydrogens (primary N) is 1. The van der Waals surface area contributed by atoms with Crippen LogP contribution in [0.5, 0.6) is 11.5 Å². The number of nitrogens with zero attached hydrogens (tertiary/aromatic N) is 6. The van der Waals surface area contributed by atoms with Crippen molar-refractivity contribution in [2.45, 2.75) is 132 Å². The molecule has 49 heteroatoms. The first-order valence-corrected chi connectivity index (χ1v) is 44.2. The minimum absolute atomic E-state index is 0.0498. The van der Waals surface area contributed by atoms with Gasteiger partial charge in [-0.25, -0.2) is 26.8 Å². The summed E-state index contributed by atoms with van der Waals surface area (Å²) in [5.41, 5.74) is 8.53. The molecular formula is C73H97N21O24S4. The summed E-state index contributed by atoms with van der Waals surface area (Å²) in [7, 11) is -18.9. The average Bonchev–Trinajstić information content (AvgIpc) is 1.18. The molecule has 0 aliphatic rings. The summed E-state index contributed by atoms with van der Waals surface area (Å²) in [4.78, 5) is 142.